The predicted octanol–water partition coefficient (Wildman–Crippen LogP) is 1.09. The van der Waals surface area contributed by atoms with Crippen molar-refractivity contribution in [1.29, 1.82) is 0 Å². The summed E-state index contributed by atoms with van der Waals surface area (Å²) in [6.45, 7) is 6.46. The Morgan fingerprint density at radius 2 is 2.04 bits per heavy atom. The minimum atomic E-state index is -0.0895. The molecular weight excluding hydrogens is 290 g/mol. The molecule has 2 aromatic heterocycles. The number of unbranched alkanes of at least 4 members (excludes halogenated alkanes) is 1. The summed E-state index contributed by atoms with van der Waals surface area (Å²) in [5.74, 6) is -0.0895. The number of hydrogen-bond donors (Lipinski definition) is 1. The number of carbonyl (C=O) groups excluding carboxylic acids is 1. The molecule has 0 radical (unpaired) electrons. The van der Waals surface area contributed by atoms with Crippen LogP contribution < -0.4 is 5.32 Å². The second-order valence-corrected chi connectivity index (χ2v) is 6.20. The summed E-state index contributed by atoms with van der Waals surface area (Å²) < 4.78 is 1.86. The standard InChI is InChI=1S/C17H25N5O/c1-20-10-12-21(13-11-20)8-5-3-7-18-17(23)15-14-22-9-4-2-6-16(22)19-15/h2,4,6,9,14H,3,5,7-8,10-13H2,1H3,(H,18,23). The maximum Gasteiger partial charge on any atom is 0.271 e. The lowest BCUT2D eigenvalue weighted by Crippen LogP contribution is -2.44. The van der Waals surface area contributed by atoms with Crippen molar-refractivity contribution in [3.8, 4) is 0 Å². The molecule has 23 heavy (non-hydrogen) atoms. The number of carbonyl (C=O) groups is 1. The number of likely N-dealkylation sites (N-methyl/N-ethyl adjacent to an activating group) is 1. The van der Waals surface area contributed by atoms with Gasteiger partial charge < -0.3 is 19.5 Å². The number of piperazine rings is 1. The van der Waals surface area contributed by atoms with Crippen molar-refractivity contribution in [3.05, 3.63) is 36.3 Å². The highest BCUT2D eigenvalue weighted by atomic mass is 16.1. The van der Waals surface area contributed by atoms with E-state index in [4.69, 9.17) is 0 Å². The van der Waals surface area contributed by atoms with Crippen LogP contribution in [0.2, 0.25) is 0 Å². The summed E-state index contributed by atoms with van der Waals surface area (Å²) in [6, 6.07) is 5.74. The van der Waals surface area contributed by atoms with Crippen molar-refractivity contribution in [2.75, 3.05) is 46.3 Å². The lowest BCUT2D eigenvalue weighted by atomic mass is 10.2. The SMILES string of the molecule is CN1CCN(CCCCNC(=O)c2cn3ccccc3n2)CC1. The van der Waals surface area contributed by atoms with Gasteiger partial charge in [-0.2, -0.15) is 0 Å². The van der Waals surface area contributed by atoms with E-state index < -0.39 is 0 Å². The Balaban J connectivity index is 1.36. The lowest BCUT2D eigenvalue weighted by Gasteiger charge is -2.32. The van der Waals surface area contributed by atoms with Crippen molar-refractivity contribution >= 4 is 11.6 Å². The molecule has 0 atom stereocenters. The number of fused-ring (bicyclic) bond motifs is 1. The summed E-state index contributed by atoms with van der Waals surface area (Å²) in [7, 11) is 2.17. The topological polar surface area (TPSA) is 52.9 Å². The van der Waals surface area contributed by atoms with Crippen molar-refractivity contribution in [2.24, 2.45) is 0 Å². The van der Waals surface area contributed by atoms with E-state index >= 15 is 0 Å². The van der Waals surface area contributed by atoms with E-state index in [1.165, 1.54) is 0 Å². The van der Waals surface area contributed by atoms with E-state index in [0.29, 0.717) is 12.2 Å². The first-order valence-electron chi connectivity index (χ1n) is 8.35. The number of nitrogens with zero attached hydrogens (tertiary/aromatic N) is 4. The first kappa shape index (κ1) is 16.0. The highest BCUT2D eigenvalue weighted by molar-refractivity contribution is 5.92. The third kappa shape index (κ3) is 4.30. The van der Waals surface area contributed by atoms with Crippen LogP contribution in [0.1, 0.15) is 23.3 Å². The van der Waals surface area contributed by atoms with Crippen LogP contribution in [-0.4, -0.2) is 71.4 Å². The molecular formula is C17H25N5O. The zero-order valence-electron chi connectivity index (χ0n) is 13.7. The summed E-state index contributed by atoms with van der Waals surface area (Å²) in [6.07, 6.45) is 5.80. The molecule has 0 aromatic carbocycles. The highest BCUT2D eigenvalue weighted by Gasteiger charge is 2.13. The zero-order chi connectivity index (χ0) is 16.1. The number of nitrogens with one attached hydrogen (secondary N) is 1. The molecule has 3 rings (SSSR count). The Morgan fingerprint density at radius 3 is 2.83 bits per heavy atom. The molecule has 3 heterocycles. The van der Waals surface area contributed by atoms with Crippen molar-refractivity contribution in [2.45, 2.75) is 12.8 Å². The summed E-state index contributed by atoms with van der Waals surface area (Å²) in [4.78, 5) is 21.3. The van der Waals surface area contributed by atoms with E-state index in [-0.39, 0.29) is 5.91 Å². The molecule has 1 fully saturated rings. The molecule has 0 bridgehead atoms. The van der Waals surface area contributed by atoms with Gasteiger partial charge in [-0.05, 0) is 38.6 Å². The predicted molar refractivity (Wildman–Crippen MR) is 90.7 cm³/mol. The molecule has 0 aliphatic carbocycles. The summed E-state index contributed by atoms with van der Waals surface area (Å²) >= 11 is 0. The second kappa shape index (κ2) is 7.57. The lowest BCUT2D eigenvalue weighted by molar-refractivity contribution is 0.0947. The average molecular weight is 315 g/mol. The number of aromatic nitrogens is 2. The maximum atomic E-state index is 12.1. The van der Waals surface area contributed by atoms with Crippen LogP contribution in [0.3, 0.4) is 0 Å². The van der Waals surface area contributed by atoms with Gasteiger partial charge in [0.1, 0.15) is 11.3 Å². The van der Waals surface area contributed by atoms with Crippen LogP contribution in [-0.2, 0) is 0 Å². The molecule has 1 aliphatic heterocycles. The van der Waals surface area contributed by atoms with Gasteiger partial charge in [0.2, 0.25) is 0 Å². The number of pyridine rings is 1. The van der Waals surface area contributed by atoms with E-state index in [0.717, 1.165) is 51.2 Å². The first-order chi connectivity index (χ1) is 11.2. The minimum Gasteiger partial charge on any atom is -0.351 e. The van der Waals surface area contributed by atoms with E-state index in [9.17, 15) is 4.79 Å². The molecule has 1 saturated heterocycles. The smallest absolute Gasteiger partial charge is 0.271 e. The summed E-state index contributed by atoms with van der Waals surface area (Å²) in [5, 5.41) is 2.96. The maximum absolute atomic E-state index is 12.1. The molecule has 1 aliphatic rings. The van der Waals surface area contributed by atoms with Gasteiger partial charge in [0, 0.05) is 45.1 Å². The normalized spacial score (nSPS) is 16.7. The van der Waals surface area contributed by atoms with Gasteiger partial charge in [0.25, 0.3) is 5.91 Å². The van der Waals surface area contributed by atoms with Gasteiger partial charge in [0.05, 0.1) is 0 Å². The van der Waals surface area contributed by atoms with Crippen LogP contribution in [0.15, 0.2) is 30.6 Å². The number of hydrogen-bond acceptors (Lipinski definition) is 4. The van der Waals surface area contributed by atoms with Gasteiger partial charge in [-0.15, -0.1) is 0 Å². The van der Waals surface area contributed by atoms with Crippen LogP contribution in [0.25, 0.3) is 5.65 Å². The number of rotatable bonds is 6. The van der Waals surface area contributed by atoms with Gasteiger partial charge in [-0.3, -0.25) is 4.79 Å². The van der Waals surface area contributed by atoms with Crippen molar-refractivity contribution in [1.82, 2.24) is 24.5 Å². The molecule has 2 aromatic rings. The monoisotopic (exact) mass is 315 g/mol. The fourth-order valence-corrected chi connectivity index (χ4v) is 2.87. The Hall–Kier alpha value is -1.92. The fraction of sp³-hybridized carbons (Fsp3) is 0.529. The molecule has 0 spiro atoms. The molecule has 1 amide bonds. The van der Waals surface area contributed by atoms with Crippen LogP contribution >= 0.6 is 0 Å². The Labute approximate surface area is 137 Å². The molecule has 6 nitrogen and oxygen atoms in total. The molecule has 1 N–H and O–H groups in total. The van der Waals surface area contributed by atoms with Gasteiger partial charge in [0.15, 0.2) is 0 Å². The van der Waals surface area contributed by atoms with E-state index in [1.807, 2.05) is 28.8 Å². The molecule has 6 heteroatoms. The van der Waals surface area contributed by atoms with Gasteiger partial charge in [-0.25, -0.2) is 4.98 Å². The van der Waals surface area contributed by atoms with Crippen molar-refractivity contribution < 1.29 is 4.79 Å². The van der Waals surface area contributed by atoms with Crippen LogP contribution in [0, 0.1) is 0 Å². The Kier molecular flexibility index (Phi) is 5.25. The van der Waals surface area contributed by atoms with Crippen LogP contribution in [0.4, 0.5) is 0 Å². The third-order valence-corrected chi connectivity index (χ3v) is 4.38. The highest BCUT2D eigenvalue weighted by Crippen LogP contribution is 2.05. The third-order valence-electron chi connectivity index (χ3n) is 4.38. The summed E-state index contributed by atoms with van der Waals surface area (Å²) in [5.41, 5.74) is 1.28. The first-order valence-corrected chi connectivity index (χ1v) is 8.35. The van der Waals surface area contributed by atoms with Gasteiger partial charge >= 0.3 is 0 Å². The minimum absolute atomic E-state index is 0.0895. The average Bonchev–Trinajstić information content (AvgIpc) is 3.00. The molecule has 0 unspecified atom stereocenters. The largest absolute Gasteiger partial charge is 0.351 e. The Morgan fingerprint density at radius 1 is 1.22 bits per heavy atom. The number of imidazole rings is 1. The number of amides is 1. The molecule has 0 saturated carbocycles. The Bertz CT molecular complexity index is 612. The zero-order valence-corrected chi connectivity index (χ0v) is 13.7. The van der Waals surface area contributed by atoms with Crippen molar-refractivity contribution in [3.63, 3.8) is 0 Å². The van der Waals surface area contributed by atoms with Gasteiger partial charge in [-0.1, -0.05) is 6.07 Å². The quantitative estimate of drug-likeness (QED) is 0.811. The fourth-order valence-electron chi connectivity index (χ4n) is 2.87. The molecule has 124 valence electrons. The van der Waals surface area contributed by atoms with E-state index in [2.05, 4.69) is 27.1 Å². The second-order valence-electron chi connectivity index (χ2n) is 6.20. The van der Waals surface area contributed by atoms with Crippen LogP contribution in [0.5, 0.6) is 0 Å². The van der Waals surface area contributed by atoms with E-state index in [1.54, 1.807) is 6.20 Å².